The molecular formula is C21H23N3. The van der Waals surface area contributed by atoms with Crippen LogP contribution in [0.3, 0.4) is 0 Å². The van der Waals surface area contributed by atoms with E-state index < -0.39 is 5.41 Å². The van der Waals surface area contributed by atoms with Crippen LogP contribution in [-0.4, -0.2) is 15.0 Å². The highest BCUT2D eigenvalue weighted by molar-refractivity contribution is 5.42. The van der Waals surface area contributed by atoms with Gasteiger partial charge in [-0.1, -0.05) is 44.4 Å². The van der Waals surface area contributed by atoms with Gasteiger partial charge < -0.3 is 0 Å². The van der Waals surface area contributed by atoms with E-state index in [-0.39, 0.29) is 0 Å². The van der Waals surface area contributed by atoms with Gasteiger partial charge in [-0.3, -0.25) is 15.0 Å². The SMILES string of the molecule is CCCCCC(c1ccccn1)(c1ccccn1)c1ccccn1. The van der Waals surface area contributed by atoms with Crippen LogP contribution >= 0.6 is 0 Å². The summed E-state index contributed by atoms with van der Waals surface area (Å²) in [5.41, 5.74) is 2.63. The summed E-state index contributed by atoms with van der Waals surface area (Å²) < 4.78 is 0. The molecule has 0 spiro atoms. The van der Waals surface area contributed by atoms with Crippen molar-refractivity contribution in [3.05, 3.63) is 90.3 Å². The maximum absolute atomic E-state index is 4.70. The van der Waals surface area contributed by atoms with E-state index in [4.69, 9.17) is 15.0 Å². The van der Waals surface area contributed by atoms with Gasteiger partial charge in [-0.25, -0.2) is 0 Å². The van der Waals surface area contributed by atoms with Gasteiger partial charge in [0.05, 0.1) is 22.5 Å². The van der Waals surface area contributed by atoms with Crippen LogP contribution < -0.4 is 0 Å². The summed E-state index contributed by atoms with van der Waals surface area (Å²) in [6, 6.07) is 18.3. The lowest BCUT2D eigenvalue weighted by Crippen LogP contribution is -2.32. The molecule has 0 aliphatic carbocycles. The Morgan fingerprint density at radius 2 is 1.12 bits per heavy atom. The van der Waals surface area contributed by atoms with Crippen LogP contribution in [0, 0.1) is 0 Å². The third kappa shape index (κ3) is 3.21. The van der Waals surface area contributed by atoms with Gasteiger partial charge >= 0.3 is 0 Å². The van der Waals surface area contributed by atoms with E-state index in [1.54, 1.807) is 0 Å². The minimum absolute atomic E-state index is 0.404. The second-order valence-corrected chi connectivity index (χ2v) is 6.01. The number of unbranched alkanes of at least 4 members (excludes halogenated alkanes) is 2. The molecule has 3 heterocycles. The van der Waals surface area contributed by atoms with Crippen LogP contribution in [-0.2, 0) is 5.41 Å². The van der Waals surface area contributed by atoms with E-state index in [1.807, 2.05) is 55.0 Å². The summed E-state index contributed by atoms with van der Waals surface area (Å²) in [5.74, 6) is 0. The molecule has 3 rings (SSSR count). The molecule has 122 valence electrons. The van der Waals surface area contributed by atoms with Gasteiger partial charge in [0.1, 0.15) is 0 Å². The number of hydrogen-bond donors (Lipinski definition) is 0. The predicted octanol–water partition coefficient (Wildman–Crippen LogP) is 4.79. The molecule has 0 unspecified atom stereocenters. The molecule has 0 saturated heterocycles. The van der Waals surface area contributed by atoms with Crippen LogP contribution in [0.15, 0.2) is 73.2 Å². The van der Waals surface area contributed by atoms with Crippen molar-refractivity contribution in [3.8, 4) is 0 Å². The number of rotatable bonds is 7. The second kappa shape index (κ2) is 7.82. The van der Waals surface area contributed by atoms with Crippen molar-refractivity contribution in [2.24, 2.45) is 0 Å². The Morgan fingerprint density at radius 1 is 0.667 bits per heavy atom. The summed E-state index contributed by atoms with van der Waals surface area (Å²) in [4.78, 5) is 14.1. The molecule has 0 aliphatic rings. The molecule has 3 aromatic heterocycles. The Morgan fingerprint density at radius 3 is 1.46 bits per heavy atom. The van der Waals surface area contributed by atoms with Gasteiger partial charge in [0.25, 0.3) is 0 Å². The molecule has 0 aliphatic heterocycles. The Labute approximate surface area is 143 Å². The minimum atomic E-state index is -0.404. The molecule has 0 fully saturated rings. The normalized spacial score (nSPS) is 11.4. The topological polar surface area (TPSA) is 38.7 Å². The van der Waals surface area contributed by atoms with E-state index in [1.165, 1.54) is 12.8 Å². The van der Waals surface area contributed by atoms with Gasteiger partial charge in [-0.05, 0) is 42.8 Å². The van der Waals surface area contributed by atoms with E-state index in [0.717, 1.165) is 29.9 Å². The number of aromatic nitrogens is 3. The second-order valence-electron chi connectivity index (χ2n) is 6.01. The summed E-state index contributed by atoms with van der Waals surface area (Å²) in [5, 5.41) is 0. The highest BCUT2D eigenvalue weighted by atomic mass is 14.8. The quantitative estimate of drug-likeness (QED) is 0.588. The summed E-state index contributed by atoms with van der Waals surface area (Å²) in [6.07, 6.45) is 10.0. The zero-order valence-electron chi connectivity index (χ0n) is 14.1. The first-order chi connectivity index (χ1) is 11.9. The molecule has 3 heteroatoms. The van der Waals surface area contributed by atoms with Gasteiger partial charge in [0, 0.05) is 18.6 Å². The van der Waals surface area contributed by atoms with E-state index in [9.17, 15) is 0 Å². The van der Waals surface area contributed by atoms with Crippen LogP contribution in [0.2, 0.25) is 0 Å². The zero-order chi connectivity index (χ0) is 16.7. The van der Waals surface area contributed by atoms with Crippen LogP contribution in [0.25, 0.3) is 0 Å². The summed E-state index contributed by atoms with van der Waals surface area (Å²) in [6.45, 7) is 2.23. The Bertz CT molecular complexity index is 630. The van der Waals surface area contributed by atoms with Gasteiger partial charge in [0.15, 0.2) is 0 Å². The number of hydrogen-bond acceptors (Lipinski definition) is 3. The molecule has 0 atom stereocenters. The fourth-order valence-corrected chi connectivity index (χ4v) is 3.26. The largest absolute Gasteiger partial charge is 0.260 e. The molecule has 3 aromatic rings. The van der Waals surface area contributed by atoms with Crippen molar-refractivity contribution in [1.29, 1.82) is 0 Å². The predicted molar refractivity (Wildman–Crippen MR) is 96.7 cm³/mol. The van der Waals surface area contributed by atoms with Crippen LogP contribution in [0.5, 0.6) is 0 Å². The fourth-order valence-electron chi connectivity index (χ4n) is 3.26. The molecule has 0 amide bonds. The van der Waals surface area contributed by atoms with Crippen molar-refractivity contribution >= 4 is 0 Å². The third-order valence-corrected chi connectivity index (χ3v) is 4.46. The van der Waals surface area contributed by atoms with Crippen molar-refractivity contribution in [2.75, 3.05) is 0 Å². The van der Waals surface area contributed by atoms with Gasteiger partial charge in [-0.2, -0.15) is 0 Å². The summed E-state index contributed by atoms with van der Waals surface area (Å²) >= 11 is 0. The lowest BCUT2D eigenvalue weighted by Gasteiger charge is -2.32. The van der Waals surface area contributed by atoms with Crippen molar-refractivity contribution in [2.45, 2.75) is 38.0 Å². The molecule has 3 nitrogen and oxygen atoms in total. The minimum Gasteiger partial charge on any atom is -0.260 e. The lowest BCUT2D eigenvalue weighted by molar-refractivity contribution is 0.481. The number of nitrogens with zero attached hydrogens (tertiary/aromatic N) is 3. The smallest absolute Gasteiger partial charge is 0.0966 e. The maximum Gasteiger partial charge on any atom is 0.0966 e. The standard InChI is InChI=1S/C21H23N3/c1-2-3-7-14-21(18-11-4-8-15-22-18,19-12-5-9-16-23-19)20-13-6-10-17-24-20/h4-6,8-13,15-17H,2-3,7,14H2,1H3. The Hall–Kier alpha value is -2.55. The van der Waals surface area contributed by atoms with Gasteiger partial charge in [-0.15, -0.1) is 0 Å². The first-order valence-electron chi connectivity index (χ1n) is 8.62. The average molecular weight is 317 g/mol. The van der Waals surface area contributed by atoms with Crippen molar-refractivity contribution < 1.29 is 0 Å². The average Bonchev–Trinajstić information content (AvgIpc) is 2.68. The Kier molecular flexibility index (Phi) is 5.32. The number of pyridine rings is 3. The van der Waals surface area contributed by atoms with E-state index in [0.29, 0.717) is 0 Å². The molecule has 0 N–H and O–H groups in total. The highest BCUT2D eigenvalue weighted by Crippen LogP contribution is 2.40. The van der Waals surface area contributed by atoms with Crippen molar-refractivity contribution in [3.63, 3.8) is 0 Å². The third-order valence-electron chi connectivity index (χ3n) is 4.46. The van der Waals surface area contributed by atoms with Gasteiger partial charge in [0.2, 0.25) is 0 Å². The molecule has 0 saturated carbocycles. The van der Waals surface area contributed by atoms with E-state index in [2.05, 4.69) is 25.1 Å². The molecule has 24 heavy (non-hydrogen) atoms. The molecule has 0 bridgehead atoms. The zero-order valence-corrected chi connectivity index (χ0v) is 14.1. The van der Waals surface area contributed by atoms with Crippen LogP contribution in [0.4, 0.5) is 0 Å². The first kappa shape index (κ1) is 16.3. The lowest BCUT2D eigenvalue weighted by atomic mass is 9.73. The highest BCUT2D eigenvalue weighted by Gasteiger charge is 2.39. The Balaban J connectivity index is 2.20. The fraction of sp³-hybridized carbons (Fsp3) is 0.286. The van der Waals surface area contributed by atoms with Crippen LogP contribution in [0.1, 0.15) is 49.7 Å². The molecular weight excluding hydrogens is 294 g/mol. The summed E-state index contributed by atoms with van der Waals surface area (Å²) in [7, 11) is 0. The molecule has 0 radical (unpaired) electrons. The first-order valence-corrected chi connectivity index (χ1v) is 8.62. The van der Waals surface area contributed by atoms with E-state index >= 15 is 0 Å². The molecule has 0 aromatic carbocycles. The monoisotopic (exact) mass is 317 g/mol. The van der Waals surface area contributed by atoms with Crippen molar-refractivity contribution in [1.82, 2.24) is 15.0 Å². The maximum atomic E-state index is 4.70.